The molecule has 1 aromatic rings. The van der Waals surface area contributed by atoms with Crippen molar-refractivity contribution in [2.75, 3.05) is 0 Å². The molecule has 0 amide bonds. The van der Waals surface area contributed by atoms with Gasteiger partial charge >= 0.3 is 0 Å². The molecule has 0 bridgehead atoms. The summed E-state index contributed by atoms with van der Waals surface area (Å²) >= 11 is 5.56. The molecule has 14 heavy (non-hydrogen) atoms. The number of pyridine rings is 1. The molecule has 0 radical (unpaired) electrons. The van der Waals surface area contributed by atoms with Gasteiger partial charge in [0.15, 0.2) is 0 Å². The van der Waals surface area contributed by atoms with E-state index in [1.807, 2.05) is 0 Å². The third-order valence-electron chi connectivity index (χ3n) is 1.61. The van der Waals surface area contributed by atoms with E-state index in [0.717, 1.165) is 6.07 Å². The normalized spacial score (nSPS) is 10.3. The molecule has 0 aliphatic rings. The molecule has 0 saturated heterocycles. The topological polar surface area (TPSA) is 62.7 Å². The zero-order valence-electron chi connectivity index (χ0n) is 6.97. The predicted octanol–water partition coefficient (Wildman–Crippen LogP) is 2.00. The third-order valence-corrected chi connectivity index (χ3v) is 1.93. The Balaban J connectivity index is 3.36. The number of hydrogen-bond donors (Lipinski definition) is 1. The van der Waals surface area contributed by atoms with Crippen molar-refractivity contribution < 1.29 is 8.78 Å². The summed E-state index contributed by atoms with van der Waals surface area (Å²) in [7, 11) is 0. The van der Waals surface area contributed by atoms with E-state index >= 15 is 0 Å². The average molecular weight is 218 g/mol. The molecule has 0 unspecified atom stereocenters. The van der Waals surface area contributed by atoms with Crippen molar-refractivity contribution in [1.29, 1.82) is 5.26 Å². The molecule has 0 aromatic carbocycles. The zero-order chi connectivity index (χ0) is 10.7. The van der Waals surface area contributed by atoms with E-state index in [1.54, 1.807) is 6.07 Å². The molecule has 3 nitrogen and oxygen atoms in total. The van der Waals surface area contributed by atoms with Gasteiger partial charge in [-0.3, -0.25) is 0 Å². The summed E-state index contributed by atoms with van der Waals surface area (Å²) in [5.41, 5.74) is 4.77. The molecule has 1 heterocycles. The molecule has 1 aromatic heterocycles. The summed E-state index contributed by atoms with van der Waals surface area (Å²) in [6.07, 6.45) is -2.73. The second-order valence-electron chi connectivity index (χ2n) is 2.47. The average Bonchev–Trinajstić information content (AvgIpc) is 2.15. The van der Waals surface area contributed by atoms with Crippen LogP contribution in [0.3, 0.4) is 0 Å². The van der Waals surface area contributed by atoms with Crippen LogP contribution < -0.4 is 5.73 Å². The zero-order valence-corrected chi connectivity index (χ0v) is 7.72. The van der Waals surface area contributed by atoms with E-state index in [9.17, 15) is 8.78 Å². The Morgan fingerprint density at radius 3 is 2.71 bits per heavy atom. The largest absolute Gasteiger partial charge is 0.325 e. The quantitative estimate of drug-likeness (QED) is 0.824. The van der Waals surface area contributed by atoms with Crippen LogP contribution in [-0.4, -0.2) is 4.98 Å². The number of aromatic nitrogens is 1. The molecule has 0 spiro atoms. The highest BCUT2D eigenvalue weighted by Crippen LogP contribution is 2.29. The number of hydrogen-bond acceptors (Lipinski definition) is 3. The van der Waals surface area contributed by atoms with Gasteiger partial charge in [-0.15, -0.1) is 0 Å². The number of halogens is 3. The van der Waals surface area contributed by atoms with Crippen molar-refractivity contribution in [3.63, 3.8) is 0 Å². The Kier molecular flexibility index (Phi) is 3.33. The van der Waals surface area contributed by atoms with Crippen LogP contribution in [0.25, 0.3) is 0 Å². The standard InChI is InChI=1S/C8H6ClF2N3/c9-5-1-4(2-12)14-6(3-13)7(5)8(10)11/h1,8H,3,13H2. The minimum Gasteiger partial charge on any atom is -0.325 e. The fourth-order valence-corrected chi connectivity index (χ4v) is 1.31. The predicted molar refractivity (Wildman–Crippen MR) is 46.8 cm³/mol. The molecular weight excluding hydrogens is 212 g/mol. The highest BCUT2D eigenvalue weighted by molar-refractivity contribution is 6.31. The van der Waals surface area contributed by atoms with E-state index in [0.29, 0.717) is 0 Å². The maximum atomic E-state index is 12.4. The van der Waals surface area contributed by atoms with Gasteiger partial charge in [0, 0.05) is 6.54 Å². The summed E-state index contributed by atoms with van der Waals surface area (Å²) in [6, 6.07) is 2.81. The maximum Gasteiger partial charge on any atom is 0.267 e. The molecule has 0 saturated carbocycles. The monoisotopic (exact) mass is 217 g/mol. The lowest BCUT2D eigenvalue weighted by Crippen LogP contribution is -2.07. The maximum absolute atomic E-state index is 12.4. The van der Waals surface area contributed by atoms with E-state index in [2.05, 4.69) is 4.98 Å². The van der Waals surface area contributed by atoms with Crippen LogP contribution in [-0.2, 0) is 6.54 Å². The fraction of sp³-hybridized carbons (Fsp3) is 0.250. The number of nitrogens with zero attached hydrogens (tertiary/aromatic N) is 2. The van der Waals surface area contributed by atoms with Crippen molar-refractivity contribution in [3.05, 3.63) is 28.0 Å². The number of alkyl halides is 2. The Bertz CT molecular complexity index is 387. The molecule has 6 heteroatoms. The second kappa shape index (κ2) is 4.31. The first-order chi connectivity index (χ1) is 6.60. The van der Waals surface area contributed by atoms with Crippen molar-refractivity contribution in [3.8, 4) is 6.07 Å². The Hall–Kier alpha value is -1.25. The van der Waals surface area contributed by atoms with Gasteiger partial charge in [-0.2, -0.15) is 5.26 Å². The molecule has 1 rings (SSSR count). The molecule has 0 aliphatic carbocycles. The summed E-state index contributed by atoms with van der Waals surface area (Å²) < 4.78 is 24.9. The molecule has 2 N–H and O–H groups in total. The lowest BCUT2D eigenvalue weighted by Gasteiger charge is -2.08. The van der Waals surface area contributed by atoms with Crippen LogP contribution in [0.4, 0.5) is 8.78 Å². The van der Waals surface area contributed by atoms with Crippen molar-refractivity contribution >= 4 is 11.6 Å². The molecule has 74 valence electrons. The van der Waals surface area contributed by atoms with E-state index < -0.39 is 12.0 Å². The Labute approximate surface area is 84.1 Å². The summed E-state index contributed by atoms with van der Waals surface area (Å²) in [5.74, 6) is 0. The van der Waals surface area contributed by atoms with Crippen LogP contribution in [0, 0.1) is 11.3 Å². The van der Waals surface area contributed by atoms with Crippen LogP contribution in [0.5, 0.6) is 0 Å². The van der Waals surface area contributed by atoms with E-state index in [-0.39, 0.29) is 23.0 Å². The van der Waals surface area contributed by atoms with E-state index in [1.165, 1.54) is 0 Å². The minimum absolute atomic E-state index is 0.0140. The molecule has 0 atom stereocenters. The van der Waals surface area contributed by atoms with Gasteiger partial charge in [-0.25, -0.2) is 13.8 Å². The van der Waals surface area contributed by atoms with Crippen LogP contribution in [0.15, 0.2) is 6.07 Å². The lowest BCUT2D eigenvalue weighted by molar-refractivity contribution is 0.150. The lowest BCUT2D eigenvalue weighted by atomic mass is 10.2. The van der Waals surface area contributed by atoms with Crippen LogP contribution in [0.1, 0.15) is 23.4 Å². The summed E-state index contributed by atoms with van der Waals surface area (Å²) in [4.78, 5) is 3.64. The van der Waals surface area contributed by atoms with Crippen molar-refractivity contribution in [2.24, 2.45) is 5.73 Å². The van der Waals surface area contributed by atoms with Crippen molar-refractivity contribution in [1.82, 2.24) is 4.98 Å². The molecule has 0 fully saturated rings. The summed E-state index contributed by atoms with van der Waals surface area (Å²) in [6.45, 7) is -0.172. The Morgan fingerprint density at radius 1 is 1.64 bits per heavy atom. The third kappa shape index (κ3) is 1.97. The first-order valence-electron chi connectivity index (χ1n) is 3.67. The van der Waals surface area contributed by atoms with Gasteiger partial charge in [0.2, 0.25) is 0 Å². The van der Waals surface area contributed by atoms with Gasteiger partial charge in [0.25, 0.3) is 6.43 Å². The Morgan fingerprint density at radius 2 is 2.29 bits per heavy atom. The summed E-state index contributed by atoms with van der Waals surface area (Å²) in [5, 5.41) is 8.34. The fourth-order valence-electron chi connectivity index (χ4n) is 1.02. The minimum atomic E-state index is -2.73. The van der Waals surface area contributed by atoms with Gasteiger partial charge in [-0.1, -0.05) is 11.6 Å². The molecular formula is C8H6ClF2N3. The first kappa shape index (κ1) is 10.8. The highest BCUT2D eigenvalue weighted by Gasteiger charge is 2.18. The van der Waals surface area contributed by atoms with Gasteiger partial charge in [-0.05, 0) is 6.07 Å². The van der Waals surface area contributed by atoms with Crippen LogP contribution >= 0.6 is 11.6 Å². The van der Waals surface area contributed by atoms with Gasteiger partial charge in [0.05, 0.1) is 16.3 Å². The smallest absolute Gasteiger partial charge is 0.267 e. The van der Waals surface area contributed by atoms with Gasteiger partial charge < -0.3 is 5.73 Å². The van der Waals surface area contributed by atoms with Crippen LogP contribution in [0.2, 0.25) is 5.02 Å². The molecule has 0 aliphatic heterocycles. The van der Waals surface area contributed by atoms with Crippen molar-refractivity contribution in [2.45, 2.75) is 13.0 Å². The van der Waals surface area contributed by atoms with Gasteiger partial charge in [0.1, 0.15) is 11.8 Å². The number of nitrogens with two attached hydrogens (primary N) is 1. The van der Waals surface area contributed by atoms with E-state index in [4.69, 9.17) is 22.6 Å². The second-order valence-corrected chi connectivity index (χ2v) is 2.87. The highest BCUT2D eigenvalue weighted by atomic mass is 35.5. The number of nitriles is 1. The number of rotatable bonds is 2. The first-order valence-corrected chi connectivity index (χ1v) is 4.05. The SMILES string of the molecule is N#Cc1cc(Cl)c(C(F)F)c(CN)n1.